The summed E-state index contributed by atoms with van der Waals surface area (Å²) in [4.78, 5) is 19.0. The fourth-order valence-corrected chi connectivity index (χ4v) is 3.54. The number of aryl methyl sites for hydroxylation is 1. The zero-order valence-corrected chi connectivity index (χ0v) is 21.3. The standard InChI is InChI=1S/C22H33N7O.HI/c1-15(2)21(30)29-12-11-19(14-29)25-22(23-13-20-27-26-17(4)28(20)5)24-16(3)18-9-7-6-8-10-18;/h6-10,15-16,19H,11-14H2,1-5H3,(H2,23,24,25);1H. The number of carbonyl (C=O) groups is 1. The van der Waals surface area contributed by atoms with Gasteiger partial charge >= 0.3 is 0 Å². The Morgan fingerprint density at radius 2 is 1.94 bits per heavy atom. The largest absolute Gasteiger partial charge is 0.352 e. The lowest BCUT2D eigenvalue weighted by Gasteiger charge is -2.23. The van der Waals surface area contributed by atoms with Crippen LogP contribution in [0.5, 0.6) is 0 Å². The van der Waals surface area contributed by atoms with Crippen molar-refractivity contribution in [1.29, 1.82) is 0 Å². The summed E-state index contributed by atoms with van der Waals surface area (Å²) in [5, 5.41) is 15.3. The molecule has 2 N–H and O–H groups in total. The number of rotatable bonds is 6. The summed E-state index contributed by atoms with van der Waals surface area (Å²) < 4.78 is 1.94. The number of nitrogens with one attached hydrogen (secondary N) is 2. The van der Waals surface area contributed by atoms with Gasteiger partial charge < -0.3 is 20.1 Å². The molecule has 8 nitrogen and oxygen atoms in total. The second kappa shape index (κ2) is 11.4. The molecule has 1 aromatic heterocycles. The molecule has 0 spiro atoms. The molecule has 1 saturated heterocycles. The van der Waals surface area contributed by atoms with Crippen LogP contribution in [0.15, 0.2) is 35.3 Å². The van der Waals surface area contributed by atoms with Crippen LogP contribution in [0, 0.1) is 12.8 Å². The molecule has 1 aliphatic rings. The van der Waals surface area contributed by atoms with E-state index in [0.717, 1.165) is 30.6 Å². The molecule has 2 heterocycles. The Balaban J connectivity index is 0.00000341. The van der Waals surface area contributed by atoms with Gasteiger partial charge in [0.25, 0.3) is 0 Å². The van der Waals surface area contributed by atoms with Gasteiger partial charge in [-0.15, -0.1) is 34.2 Å². The first-order valence-electron chi connectivity index (χ1n) is 10.6. The predicted molar refractivity (Wildman–Crippen MR) is 133 cm³/mol. The lowest BCUT2D eigenvalue weighted by molar-refractivity contribution is -0.133. The predicted octanol–water partition coefficient (Wildman–Crippen LogP) is 2.79. The van der Waals surface area contributed by atoms with Crippen molar-refractivity contribution >= 4 is 35.8 Å². The van der Waals surface area contributed by atoms with Crippen molar-refractivity contribution < 1.29 is 4.79 Å². The maximum absolute atomic E-state index is 12.3. The number of amides is 1. The number of hydrogen-bond donors (Lipinski definition) is 2. The number of aromatic nitrogens is 3. The highest BCUT2D eigenvalue weighted by Crippen LogP contribution is 2.14. The molecule has 2 aromatic rings. The van der Waals surface area contributed by atoms with E-state index in [1.807, 2.05) is 55.5 Å². The van der Waals surface area contributed by atoms with Crippen LogP contribution in [0.2, 0.25) is 0 Å². The van der Waals surface area contributed by atoms with Gasteiger partial charge in [-0.2, -0.15) is 0 Å². The van der Waals surface area contributed by atoms with E-state index in [4.69, 9.17) is 4.99 Å². The highest BCUT2D eigenvalue weighted by Gasteiger charge is 2.28. The molecule has 0 saturated carbocycles. The molecule has 31 heavy (non-hydrogen) atoms. The number of carbonyl (C=O) groups excluding carboxylic acids is 1. The van der Waals surface area contributed by atoms with E-state index in [-0.39, 0.29) is 47.9 Å². The Morgan fingerprint density at radius 3 is 2.55 bits per heavy atom. The van der Waals surface area contributed by atoms with Gasteiger partial charge in [0.15, 0.2) is 11.8 Å². The van der Waals surface area contributed by atoms with Gasteiger partial charge in [-0.25, -0.2) is 4.99 Å². The summed E-state index contributed by atoms with van der Waals surface area (Å²) in [6.07, 6.45) is 0.905. The Kier molecular flexibility index (Phi) is 9.27. The van der Waals surface area contributed by atoms with Gasteiger partial charge in [-0.3, -0.25) is 4.79 Å². The maximum atomic E-state index is 12.3. The first kappa shape index (κ1) is 25.1. The average Bonchev–Trinajstić information content (AvgIpc) is 3.33. The zero-order valence-electron chi connectivity index (χ0n) is 19.0. The Morgan fingerprint density at radius 1 is 1.23 bits per heavy atom. The summed E-state index contributed by atoms with van der Waals surface area (Å²) in [6.45, 7) is 9.83. The molecule has 1 amide bonds. The minimum absolute atomic E-state index is 0. The smallest absolute Gasteiger partial charge is 0.225 e. The molecular weight excluding hydrogens is 505 g/mol. The minimum atomic E-state index is 0. The molecule has 1 fully saturated rings. The van der Waals surface area contributed by atoms with Crippen LogP contribution in [-0.4, -0.2) is 50.7 Å². The molecule has 1 aromatic carbocycles. The molecule has 170 valence electrons. The topological polar surface area (TPSA) is 87.4 Å². The van der Waals surface area contributed by atoms with Crippen molar-refractivity contribution in [3.8, 4) is 0 Å². The summed E-state index contributed by atoms with van der Waals surface area (Å²) in [5.74, 6) is 2.61. The van der Waals surface area contributed by atoms with Gasteiger partial charge in [0.2, 0.25) is 5.91 Å². The van der Waals surface area contributed by atoms with Crippen LogP contribution in [-0.2, 0) is 18.4 Å². The quantitative estimate of drug-likeness (QED) is 0.335. The highest BCUT2D eigenvalue weighted by molar-refractivity contribution is 14.0. The number of aliphatic imine (C=N–C) groups is 1. The second-order valence-electron chi connectivity index (χ2n) is 8.23. The third kappa shape index (κ3) is 6.65. The van der Waals surface area contributed by atoms with E-state index in [1.54, 1.807) is 0 Å². The van der Waals surface area contributed by atoms with Crippen molar-refractivity contribution in [2.45, 2.75) is 52.7 Å². The van der Waals surface area contributed by atoms with Gasteiger partial charge in [-0.1, -0.05) is 44.2 Å². The molecule has 0 bridgehead atoms. The number of likely N-dealkylation sites (tertiary alicyclic amines) is 1. The van der Waals surface area contributed by atoms with Crippen molar-refractivity contribution in [3.63, 3.8) is 0 Å². The first-order chi connectivity index (χ1) is 14.3. The van der Waals surface area contributed by atoms with Crippen molar-refractivity contribution in [2.75, 3.05) is 13.1 Å². The molecule has 1 aliphatic heterocycles. The van der Waals surface area contributed by atoms with E-state index < -0.39 is 0 Å². The number of halogens is 1. The van der Waals surface area contributed by atoms with Crippen LogP contribution in [0.3, 0.4) is 0 Å². The van der Waals surface area contributed by atoms with Crippen LogP contribution < -0.4 is 10.6 Å². The van der Waals surface area contributed by atoms with E-state index >= 15 is 0 Å². The number of nitrogens with zero attached hydrogens (tertiary/aromatic N) is 5. The Bertz CT molecular complexity index is 881. The Labute approximate surface area is 201 Å². The third-order valence-electron chi connectivity index (χ3n) is 5.55. The van der Waals surface area contributed by atoms with Gasteiger partial charge in [0, 0.05) is 32.1 Å². The second-order valence-corrected chi connectivity index (χ2v) is 8.23. The summed E-state index contributed by atoms with van der Waals surface area (Å²) in [5.41, 5.74) is 1.18. The van der Waals surface area contributed by atoms with Gasteiger partial charge in [0.05, 0.1) is 6.04 Å². The lowest BCUT2D eigenvalue weighted by Crippen LogP contribution is -2.46. The van der Waals surface area contributed by atoms with Gasteiger partial charge in [-0.05, 0) is 25.8 Å². The molecule has 2 atom stereocenters. The highest BCUT2D eigenvalue weighted by atomic mass is 127. The number of hydrogen-bond acceptors (Lipinski definition) is 4. The van der Waals surface area contributed by atoms with E-state index in [0.29, 0.717) is 13.1 Å². The van der Waals surface area contributed by atoms with Crippen LogP contribution >= 0.6 is 24.0 Å². The first-order valence-corrected chi connectivity index (χ1v) is 10.6. The van der Waals surface area contributed by atoms with Crippen molar-refractivity contribution in [3.05, 3.63) is 47.5 Å². The summed E-state index contributed by atoms with van der Waals surface area (Å²) in [7, 11) is 1.94. The zero-order chi connectivity index (χ0) is 21.7. The van der Waals surface area contributed by atoms with Crippen molar-refractivity contribution in [1.82, 2.24) is 30.3 Å². The molecule has 3 rings (SSSR count). The molecular formula is C22H34IN7O. The number of guanidine groups is 1. The van der Waals surface area contributed by atoms with E-state index in [9.17, 15) is 4.79 Å². The Hall–Kier alpha value is -2.17. The molecule has 2 unspecified atom stereocenters. The van der Waals surface area contributed by atoms with Crippen LogP contribution in [0.25, 0.3) is 0 Å². The van der Waals surface area contributed by atoms with E-state index in [1.165, 1.54) is 5.56 Å². The monoisotopic (exact) mass is 539 g/mol. The van der Waals surface area contributed by atoms with Crippen molar-refractivity contribution in [2.24, 2.45) is 18.0 Å². The average molecular weight is 539 g/mol. The fraction of sp³-hybridized carbons (Fsp3) is 0.545. The van der Waals surface area contributed by atoms with E-state index in [2.05, 4.69) is 39.9 Å². The fourth-order valence-electron chi connectivity index (χ4n) is 3.54. The normalized spacial score (nSPS) is 17.4. The number of benzene rings is 1. The lowest BCUT2D eigenvalue weighted by atomic mass is 10.1. The van der Waals surface area contributed by atoms with Crippen LogP contribution in [0.1, 0.15) is 50.4 Å². The third-order valence-corrected chi connectivity index (χ3v) is 5.55. The molecule has 9 heteroatoms. The molecule has 0 aliphatic carbocycles. The van der Waals surface area contributed by atoms with Crippen LogP contribution in [0.4, 0.5) is 0 Å². The van der Waals surface area contributed by atoms with Gasteiger partial charge in [0.1, 0.15) is 12.4 Å². The summed E-state index contributed by atoms with van der Waals surface area (Å²) in [6, 6.07) is 10.5. The minimum Gasteiger partial charge on any atom is -0.352 e. The molecule has 0 radical (unpaired) electrons. The summed E-state index contributed by atoms with van der Waals surface area (Å²) >= 11 is 0. The maximum Gasteiger partial charge on any atom is 0.225 e. The SMILES string of the molecule is Cc1nnc(CN=C(NC2CCN(C(=O)C(C)C)C2)NC(C)c2ccccc2)n1C.I.